The van der Waals surface area contributed by atoms with Crippen LogP contribution in [-0.4, -0.2) is 65.5 Å². The van der Waals surface area contributed by atoms with Gasteiger partial charge in [0.05, 0.1) is 15.8 Å². The Kier molecular flexibility index (Phi) is 8.29. The number of benzene rings is 2. The number of methoxy groups -OCH3 is 1. The van der Waals surface area contributed by atoms with Gasteiger partial charge in [0.25, 0.3) is 11.8 Å². The Hall–Kier alpha value is -2.76. The quantitative estimate of drug-likeness (QED) is 0.380. The normalized spacial score (nSPS) is 21.9. The van der Waals surface area contributed by atoms with Gasteiger partial charge in [0.1, 0.15) is 19.3 Å². The van der Waals surface area contributed by atoms with E-state index in [4.69, 9.17) is 37.6 Å². The Balaban J connectivity index is 1.58. The number of nitrogens with zero attached hydrogens (tertiary/aromatic N) is 3. The van der Waals surface area contributed by atoms with Crippen molar-refractivity contribution in [1.29, 1.82) is 0 Å². The van der Waals surface area contributed by atoms with Crippen LogP contribution in [0.1, 0.15) is 48.8 Å². The highest BCUT2D eigenvalue weighted by Crippen LogP contribution is 2.39. The number of carbonyl (C=O) groups excluding carboxylic acids is 2. The molecule has 1 N–H and O–H groups in total. The van der Waals surface area contributed by atoms with E-state index < -0.39 is 35.5 Å². The number of amides is 2. The lowest BCUT2D eigenvalue weighted by atomic mass is 9.88. The first kappa shape index (κ1) is 28.3. The van der Waals surface area contributed by atoms with Gasteiger partial charge in [0.2, 0.25) is 0 Å². The van der Waals surface area contributed by atoms with Crippen molar-refractivity contribution in [1.82, 2.24) is 9.96 Å². The SMILES string of the molecule is CCN1OC[C@@H](N(C(=O)COC)C(O)c2ccc(C3=NOC(C)(c4cc(Cl)c(F)c(Cl)c4)C3)cc2C)C1=O. The molecule has 0 bridgehead atoms. The molecule has 0 radical (unpaired) electrons. The summed E-state index contributed by atoms with van der Waals surface area (Å²) >= 11 is 12.0. The van der Waals surface area contributed by atoms with E-state index in [0.29, 0.717) is 35.4 Å². The summed E-state index contributed by atoms with van der Waals surface area (Å²) in [6.07, 6.45) is -1.07. The minimum Gasteiger partial charge on any atom is -0.384 e. The molecule has 2 aliphatic heterocycles. The average Bonchev–Trinajstić information content (AvgIpc) is 3.46. The first-order valence-electron chi connectivity index (χ1n) is 11.9. The van der Waals surface area contributed by atoms with Crippen LogP contribution in [0.4, 0.5) is 4.39 Å². The van der Waals surface area contributed by atoms with Crippen LogP contribution >= 0.6 is 23.2 Å². The Morgan fingerprint density at radius 1 is 1.34 bits per heavy atom. The Morgan fingerprint density at radius 3 is 2.61 bits per heavy atom. The molecule has 2 aromatic carbocycles. The number of aryl methyl sites for hydroxylation is 1. The van der Waals surface area contributed by atoms with Crippen LogP contribution in [0.25, 0.3) is 0 Å². The van der Waals surface area contributed by atoms with Gasteiger partial charge in [-0.25, -0.2) is 9.45 Å². The molecule has 2 aromatic rings. The molecule has 1 fully saturated rings. The lowest BCUT2D eigenvalue weighted by Gasteiger charge is -2.32. The van der Waals surface area contributed by atoms with Crippen molar-refractivity contribution in [2.75, 3.05) is 26.9 Å². The standard InChI is InChI=1S/C26H28Cl2FN3O6/c1-5-31-25(35)21(12-37-31)32(22(33)13-36-4)24(34)17-7-6-15(8-14(17)2)20-11-26(3,38-30-20)16-9-18(27)23(29)19(28)10-16/h6-10,21,24,34H,5,11-13H2,1-4H3/t21-,24?,26?/m1/s1. The van der Waals surface area contributed by atoms with Gasteiger partial charge >= 0.3 is 0 Å². The van der Waals surface area contributed by atoms with Crippen molar-refractivity contribution >= 4 is 40.7 Å². The number of aliphatic hydroxyl groups is 1. The third-order valence-electron chi connectivity index (χ3n) is 6.70. The molecule has 38 heavy (non-hydrogen) atoms. The molecule has 2 amide bonds. The molecule has 4 rings (SSSR count). The molecule has 3 atom stereocenters. The second-order valence-corrected chi connectivity index (χ2v) is 10.1. The number of hydrogen-bond donors (Lipinski definition) is 1. The monoisotopic (exact) mass is 567 g/mol. The molecule has 0 saturated carbocycles. The van der Waals surface area contributed by atoms with Crippen LogP contribution in [0.3, 0.4) is 0 Å². The van der Waals surface area contributed by atoms with Gasteiger partial charge in [-0.1, -0.05) is 40.5 Å². The molecular weight excluding hydrogens is 540 g/mol. The van der Waals surface area contributed by atoms with Crippen molar-refractivity contribution in [3.05, 3.63) is 68.4 Å². The minimum atomic E-state index is -1.42. The van der Waals surface area contributed by atoms with E-state index in [2.05, 4.69) is 5.16 Å². The van der Waals surface area contributed by atoms with Gasteiger partial charge in [-0.15, -0.1) is 0 Å². The molecule has 204 valence electrons. The summed E-state index contributed by atoms with van der Waals surface area (Å²) < 4.78 is 18.9. The number of ether oxygens (including phenoxy) is 1. The van der Waals surface area contributed by atoms with Crippen LogP contribution in [0, 0.1) is 12.7 Å². The van der Waals surface area contributed by atoms with Gasteiger partial charge in [0.15, 0.2) is 17.6 Å². The third kappa shape index (κ3) is 5.23. The largest absolute Gasteiger partial charge is 0.384 e. The van der Waals surface area contributed by atoms with E-state index in [1.807, 2.05) is 0 Å². The summed E-state index contributed by atoms with van der Waals surface area (Å²) in [5, 5.41) is 16.5. The van der Waals surface area contributed by atoms with E-state index in [-0.39, 0.29) is 23.3 Å². The molecular formula is C26H28Cl2FN3O6. The number of hydrogen-bond acceptors (Lipinski definition) is 7. The Morgan fingerprint density at radius 2 is 2.03 bits per heavy atom. The van der Waals surface area contributed by atoms with E-state index in [0.717, 1.165) is 15.5 Å². The zero-order chi connectivity index (χ0) is 27.8. The second kappa shape index (κ2) is 11.2. The van der Waals surface area contributed by atoms with Gasteiger partial charge in [-0.05, 0) is 50.1 Å². The molecule has 12 heteroatoms. The molecule has 2 aliphatic rings. The lowest BCUT2D eigenvalue weighted by Crippen LogP contribution is -2.49. The Labute approximate surface area is 229 Å². The number of halogens is 3. The Bertz CT molecular complexity index is 1270. The summed E-state index contributed by atoms with van der Waals surface area (Å²) in [6, 6.07) is 7.16. The van der Waals surface area contributed by atoms with Crippen molar-refractivity contribution in [2.45, 2.75) is 45.1 Å². The summed E-state index contributed by atoms with van der Waals surface area (Å²) in [4.78, 5) is 37.9. The van der Waals surface area contributed by atoms with Crippen LogP contribution in [0.5, 0.6) is 0 Å². The highest BCUT2D eigenvalue weighted by Gasteiger charge is 2.43. The van der Waals surface area contributed by atoms with Crippen LogP contribution in [-0.2, 0) is 29.6 Å². The molecule has 0 aromatic heterocycles. The molecule has 1 saturated heterocycles. The average molecular weight is 568 g/mol. The van der Waals surface area contributed by atoms with Gasteiger partial charge in [-0.2, -0.15) is 0 Å². The van der Waals surface area contributed by atoms with E-state index in [1.165, 1.54) is 19.2 Å². The van der Waals surface area contributed by atoms with Crippen molar-refractivity contribution in [3.8, 4) is 0 Å². The van der Waals surface area contributed by atoms with Crippen molar-refractivity contribution < 1.29 is 33.5 Å². The zero-order valence-electron chi connectivity index (χ0n) is 21.3. The van der Waals surface area contributed by atoms with Crippen LogP contribution < -0.4 is 0 Å². The first-order valence-corrected chi connectivity index (χ1v) is 12.7. The first-order chi connectivity index (χ1) is 18.0. The summed E-state index contributed by atoms with van der Waals surface area (Å²) in [5.74, 6) is -1.66. The van der Waals surface area contributed by atoms with Gasteiger partial charge < -0.3 is 14.7 Å². The smallest absolute Gasteiger partial charge is 0.271 e. The van der Waals surface area contributed by atoms with Gasteiger partial charge in [0, 0.05) is 31.2 Å². The highest BCUT2D eigenvalue weighted by molar-refractivity contribution is 6.35. The summed E-state index contributed by atoms with van der Waals surface area (Å²) in [5.41, 5.74) is 2.11. The molecule has 9 nitrogen and oxygen atoms in total. The molecule has 0 aliphatic carbocycles. The van der Waals surface area contributed by atoms with Crippen LogP contribution in [0.2, 0.25) is 10.0 Å². The lowest BCUT2D eigenvalue weighted by molar-refractivity contribution is -0.163. The predicted molar refractivity (Wildman–Crippen MR) is 138 cm³/mol. The second-order valence-electron chi connectivity index (χ2n) is 9.31. The maximum absolute atomic E-state index is 13.9. The van der Waals surface area contributed by atoms with E-state index in [9.17, 15) is 19.1 Å². The fourth-order valence-electron chi connectivity index (χ4n) is 4.59. The molecule has 2 heterocycles. The third-order valence-corrected chi connectivity index (χ3v) is 7.25. The number of carbonyl (C=O) groups is 2. The van der Waals surface area contributed by atoms with Crippen molar-refractivity contribution in [2.24, 2.45) is 5.16 Å². The van der Waals surface area contributed by atoms with Crippen LogP contribution in [0.15, 0.2) is 35.5 Å². The maximum Gasteiger partial charge on any atom is 0.271 e. The number of hydroxylamine groups is 2. The van der Waals surface area contributed by atoms with E-state index >= 15 is 0 Å². The number of aliphatic hydroxyl groups excluding tert-OH is 1. The van der Waals surface area contributed by atoms with Gasteiger partial charge in [-0.3, -0.25) is 19.3 Å². The number of oxime groups is 1. The van der Waals surface area contributed by atoms with Crippen molar-refractivity contribution in [3.63, 3.8) is 0 Å². The zero-order valence-corrected chi connectivity index (χ0v) is 22.8. The molecule has 0 spiro atoms. The number of rotatable bonds is 8. The summed E-state index contributed by atoms with van der Waals surface area (Å²) in [7, 11) is 1.36. The highest BCUT2D eigenvalue weighted by atomic mass is 35.5. The fraction of sp³-hybridized carbons (Fsp3) is 0.423. The minimum absolute atomic E-state index is 0.0690. The predicted octanol–water partition coefficient (Wildman–Crippen LogP) is 4.11. The fourth-order valence-corrected chi connectivity index (χ4v) is 5.08. The maximum atomic E-state index is 13.9. The summed E-state index contributed by atoms with van der Waals surface area (Å²) in [6.45, 7) is 5.26. The van der Waals surface area contributed by atoms with E-state index in [1.54, 1.807) is 39.0 Å². The number of likely N-dealkylation sites (N-methyl/N-ethyl adjacent to an activating group) is 1. The molecule has 2 unspecified atom stereocenters. The topological polar surface area (TPSA) is 101 Å².